The summed E-state index contributed by atoms with van der Waals surface area (Å²) < 4.78 is 19.7. The SMILES string of the molecule is [2H]B([3H])CSOC[C@@H]1C[C@H](C(C)=O)C[C@H]1C(=O)CC(C)C. The maximum atomic E-state index is 12.3. The number of carbonyl (C=O) groups excluding carboxylic acids is 2. The standard InChI is InChI=1S/C14H25BO3S/c1-9(2)4-14(17)13-6-11(10(3)16)5-12(13)7-18-19-8-15/h9,11-13H,4-8,15H2,1-3H3/t11-,12-,13+/m0/s1/i15TD. The van der Waals surface area contributed by atoms with E-state index in [0.29, 0.717) is 31.0 Å². The van der Waals surface area contributed by atoms with E-state index in [1.807, 2.05) is 13.8 Å². The van der Waals surface area contributed by atoms with Crippen LogP contribution in [0.3, 0.4) is 0 Å². The zero-order chi connectivity index (χ0) is 16.0. The molecule has 0 spiro atoms. The van der Waals surface area contributed by atoms with Crippen molar-refractivity contribution in [1.29, 1.82) is 2.67 Å². The Morgan fingerprint density at radius 2 is 2.32 bits per heavy atom. The van der Waals surface area contributed by atoms with Gasteiger partial charge in [0.15, 0.2) is 0 Å². The average Bonchev–Trinajstić information content (AvgIpc) is 2.78. The number of rotatable bonds is 9. The van der Waals surface area contributed by atoms with Crippen molar-refractivity contribution in [1.82, 2.24) is 0 Å². The first-order chi connectivity index (χ1) is 9.81. The van der Waals surface area contributed by atoms with Crippen molar-refractivity contribution < 1.29 is 13.8 Å². The maximum absolute atomic E-state index is 12.3. The minimum absolute atomic E-state index is 0.0233. The van der Waals surface area contributed by atoms with Crippen LogP contribution in [0.2, 0.25) is 0 Å². The van der Waals surface area contributed by atoms with Crippen LogP contribution in [0.5, 0.6) is 0 Å². The normalized spacial score (nSPS) is 28.1. The zero-order valence-electron chi connectivity index (χ0n) is 14.1. The summed E-state index contributed by atoms with van der Waals surface area (Å²) in [6.07, 6.45) is 1.93. The molecule has 1 aliphatic carbocycles. The second kappa shape index (κ2) is 8.10. The lowest BCUT2D eigenvalue weighted by atomic mass is 9.88. The summed E-state index contributed by atoms with van der Waals surface area (Å²) in [5, 5.41) is 0. The Labute approximate surface area is 124 Å². The Morgan fingerprint density at radius 3 is 2.89 bits per heavy atom. The fraction of sp³-hybridized carbons (Fsp3) is 0.857. The summed E-state index contributed by atoms with van der Waals surface area (Å²) in [6, 6.07) is 0. The highest BCUT2D eigenvalue weighted by Crippen LogP contribution is 2.39. The molecular weight excluding hydrogens is 259 g/mol. The highest BCUT2D eigenvalue weighted by atomic mass is 32.2. The van der Waals surface area contributed by atoms with E-state index in [1.54, 1.807) is 6.92 Å². The maximum Gasteiger partial charge on any atom is 0.136 e. The van der Waals surface area contributed by atoms with Gasteiger partial charge in [0.2, 0.25) is 0 Å². The molecule has 0 saturated heterocycles. The molecule has 108 valence electrons. The fourth-order valence-corrected chi connectivity index (χ4v) is 3.14. The summed E-state index contributed by atoms with van der Waals surface area (Å²) in [4.78, 5) is 23.9. The molecule has 0 bridgehead atoms. The third-order valence-electron chi connectivity index (χ3n) is 3.73. The topological polar surface area (TPSA) is 43.4 Å². The summed E-state index contributed by atoms with van der Waals surface area (Å²) in [5.41, 5.74) is 0.299. The third-order valence-corrected chi connectivity index (χ3v) is 4.16. The van der Waals surface area contributed by atoms with Crippen LogP contribution in [0.1, 0.15) is 40.0 Å². The van der Waals surface area contributed by atoms with Crippen LogP contribution in [0, 0.1) is 23.7 Å². The summed E-state index contributed by atoms with van der Waals surface area (Å²) in [6.45, 7) is 6.08. The monoisotopic (exact) mass is 287 g/mol. The van der Waals surface area contributed by atoms with Gasteiger partial charge in [-0.25, -0.2) is 0 Å². The molecule has 0 amide bonds. The molecule has 0 aliphatic heterocycles. The predicted molar refractivity (Wildman–Crippen MR) is 81.8 cm³/mol. The molecule has 0 heterocycles. The molecule has 19 heavy (non-hydrogen) atoms. The minimum Gasteiger partial charge on any atom is -0.316 e. The van der Waals surface area contributed by atoms with Crippen molar-refractivity contribution in [3.63, 3.8) is 0 Å². The Hall–Kier alpha value is -0.285. The number of carbonyl (C=O) groups is 2. The lowest BCUT2D eigenvalue weighted by Gasteiger charge is -2.18. The van der Waals surface area contributed by atoms with Gasteiger partial charge in [-0.3, -0.25) is 9.59 Å². The highest BCUT2D eigenvalue weighted by molar-refractivity contribution is 7.95. The number of ketones is 2. The number of hydrogen-bond acceptors (Lipinski definition) is 4. The largest absolute Gasteiger partial charge is 0.316 e. The summed E-state index contributed by atoms with van der Waals surface area (Å²) in [5.74, 6) is 0.718. The van der Waals surface area contributed by atoms with Gasteiger partial charge in [-0.15, -0.1) is 0 Å². The summed E-state index contributed by atoms with van der Waals surface area (Å²) in [7, 11) is -0.901. The van der Waals surface area contributed by atoms with Crippen molar-refractivity contribution in [2.24, 2.45) is 23.7 Å². The van der Waals surface area contributed by atoms with Gasteiger partial charge in [0.05, 0.1) is 6.61 Å². The number of hydrogen-bond donors (Lipinski definition) is 0. The fourth-order valence-electron chi connectivity index (χ4n) is 2.77. The predicted octanol–water partition coefficient (Wildman–Crippen LogP) is 2.09. The molecule has 0 radical (unpaired) electrons. The Bertz CT molecular complexity index is 366. The second-order valence-corrected chi connectivity index (χ2v) is 6.58. The van der Waals surface area contributed by atoms with E-state index in [1.165, 1.54) is 0 Å². The molecule has 1 saturated carbocycles. The van der Waals surface area contributed by atoms with Crippen molar-refractivity contribution in [3.05, 3.63) is 0 Å². The minimum atomic E-state index is -0.901. The quantitative estimate of drug-likeness (QED) is 0.370. The van der Waals surface area contributed by atoms with Crippen LogP contribution >= 0.6 is 12.0 Å². The van der Waals surface area contributed by atoms with Crippen LogP contribution in [0.15, 0.2) is 0 Å². The van der Waals surface area contributed by atoms with Crippen molar-refractivity contribution in [3.8, 4) is 0 Å². The van der Waals surface area contributed by atoms with E-state index < -0.39 is 7.77 Å². The Balaban J connectivity index is 2.54. The lowest BCUT2D eigenvalue weighted by molar-refractivity contribution is -0.125. The van der Waals surface area contributed by atoms with Gasteiger partial charge in [-0.2, -0.15) is 0 Å². The molecule has 0 unspecified atom stereocenters. The lowest BCUT2D eigenvalue weighted by Crippen LogP contribution is -2.23. The van der Waals surface area contributed by atoms with Gasteiger partial charge in [0.1, 0.15) is 19.3 Å². The first kappa shape index (κ1) is 13.7. The van der Waals surface area contributed by atoms with Crippen molar-refractivity contribution in [2.75, 3.05) is 12.3 Å². The smallest absolute Gasteiger partial charge is 0.136 e. The van der Waals surface area contributed by atoms with E-state index in [2.05, 4.69) is 0 Å². The van der Waals surface area contributed by atoms with E-state index in [4.69, 9.17) is 6.85 Å². The van der Waals surface area contributed by atoms with Crippen LogP contribution in [0.25, 0.3) is 0 Å². The van der Waals surface area contributed by atoms with Gasteiger partial charge in [-0.05, 0) is 52.0 Å². The third kappa shape index (κ3) is 5.31. The van der Waals surface area contributed by atoms with Gasteiger partial charge in [0.25, 0.3) is 0 Å². The van der Waals surface area contributed by atoms with Crippen LogP contribution in [0.4, 0.5) is 0 Å². The average molecular weight is 287 g/mol. The van der Waals surface area contributed by atoms with E-state index in [0.717, 1.165) is 18.5 Å². The van der Waals surface area contributed by atoms with Crippen LogP contribution < -0.4 is 0 Å². The van der Waals surface area contributed by atoms with E-state index in [9.17, 15) is 9.59 Å². The van der Waals surface area contributed by atoms with E-state index in [-0.39, 0.29) is 29.3 Å². The zero-order valence-corrected chi connectivity index (χ0v) is 12.9. The Morgan fingerprint density at radius 1 is 1.58 bits per heavy atom. The molecule has 3 atom stereocenters. The second-order valence-electron chi connectivity index (χ2n) is 5.78. The highest BCUT2D eigenvalue weighted by Gasteiger charge is 2.40. The van der Waals surface area contributed by atoms with Crippen molar-refractivity contribution >= 4 is 31.4 Å². The van der Waals surface area contributed by atoms with Gasteiger partial charge >= 0.3 is 0 Å². The molecule has 0 aromatic heterocycles. The number of Topliss-reactive ketones (excluding diaryl/α,β-unsaturated/α-hetero) is 2. The van der Waals surface area contributed by atoms with Gasteiger partial charge in [0, 0.05) is 18.3 Å². The molecule has 0 N–H and O–H groups in total. The van der Waals surface area contributed by atoms with Crippen LogP contribution in [-0.2, 0) is 13.8 Å². The molecule has 1 rings (SSSR count). The first-order valence-corrected chi connectivity index (χ1v) is 7.84. The molecule has 1 fully saturated rings. The summed E-state index contributed by atoms with van der Waals surface area (Å²) >= 11 is 1.11. The molecule has 0 aromatic rings. The molecule has 0 aromatic carbocycles. The van der Waals surface area contributed by atoms with Gasteiger partial charge in [-0.1, -0.05) is 13.8 Å². The van der Waals surface area contributed by atoms with Crippen LogP contribution in [-0.4, -0.2) is 34.3 Å². The molecule has 5 heteroatoms. The first-order valence-electron chi connectivity index (χ1n) is 8.08. The molecule has 3 nitrogen and oxygen atoms in total. The van der Waals surface area contributed by atoms with E-state index >= 15 is 0 Å². The van der Waals surface area contributed by atoms with Gasteiger partial charge < -0.3 is 4.18 Å². The van der Waals surface area contributed by atoms with Crippen molar-refractivity contribution in [2.45, 2.75) is 40.0 Å². The molecule has 1 aliphatic rings. The Kier molecular flexibility index (Phi) is 5.84. The molecular formula is C14H25BO3S.